The Morgan fingerprint density at radius 1 is 1.13 bits per heavy atom. The van der Waals surface area contributed by atoms with Gasteiger partial charge in [0.25, 0.3) is 0 Å². The van der Waals surface area contributed by atoms with Gasteiger partial charge in [-0.1, -0.05) is 36.8 Å². The van der Waals surface area contributed by atoms with Crippen LogP contribution in [0.5, 0.6) is 0 Å². The Labute approximate surface area is 138 Å². The summed E-state index contributed by atoms with van der Waals surface area (Å²) in [5.74, 6) is 0.907. The van der Waals surface area contributed by atoms with Gasteiger partial charge in [-0.25, -0.2) is 4.68 Å². The molecule has 0 unspecified atom stereocenters. The summed E-state index contributed by atoms with van der Waals surface area (Å²) in [5, 5.41) is 11.7. The van der Waals surface area contributed by atoms with Gasteiger partial charge >= 0.3 is 0 Å². The first-order valence-electron chi connectivity index (χ1n) is 8.83. The topological polar surface area (TPSA) is 46.8 Å². The summed E-state index contributed by atoms with van der Waals surface area (Å²) < 4.78 is 1.91. The van der Waals surface area contributed by atoms with E-state index in [-0.39, 0.29) is 0 Å². The van der Waals surface area contributed by atoms with E-state index in [9.17, 15) is 0 Å². The largest absolute Gasteiger partial charge is 0.300 e. The van der Waals surface area contributed by atoms with Crippen molar-refractivity contribution in [1.82, 2.24) is 25.1 Å². The van der Waals surface area contributed by atoms with Crippen molar-refractivity contribution in [2.24, 2.45) is 0 Å². The first-order chi connectivity index (χ1) is 11.3. The fourth-order valence-electron chi connectivity index (χ4n) is 3.54. The molecule has 1 aliphatic rings. The van der Waals surface area contributed by atoms with Crippen molar-refractivity contribution in [1.29, 1.82) is 0 Å². The first kappa shape index (κ1) is 16.1. The zero-order valence-corrected chi connectivity index (χ0v) is 14.1. The van der Waals surface area contributed by atoms with Crippen molar-refractivity contribution in [2.45, 2.75) is 58.0 Å². The van der Waals surface area contributed by atoms with Crippen LogP contribution in [0.4, 0.5) is 0 Å². The molecule has 2 heterocycles. The quantitative estimate of drug-likeness (QED) is 0.788. The molecular formula is C18H27N5. The van der Waals surface area contributed by atoms with E-state index in [1.54, 1.807) is 0 Å². The second kappa shape index (κ2) is 8.20. The molecule has 3 rings (SSSR count). The molecule has 23 heavy (non-hydrogen) atoms. The number of benzene rings is 1. The molecule has 0 N–H and O–H groups in total. The number of tetrazole rings is 1. The maximum Gasteiger partial charge on any atom is 0.148 e. The average molecular weight is 313 g/mol. The first-order valence-corrected chi connectivity index (χ1v) is 8.83. The second-order valence-electron chi connectivity index (χ2n) is 6.51. The van der Waals surface area contributed by atoms with E-state index in [1.807, 2.05) is 11.6 Å². The maximum atomic E-state index is 4.03. The number of rotatable bonds is 7. The van der Waals surface area contributed by atoms with Gasteiger partial charge < -0.3 is 4.90 Å². The number of aromatic nitrogens is 4. The van der Waals surface area contributed by atoms with Crippen LogP contribution < -0.4 is 0 Å². The summed E-state index contributed by atoms with van der Waals surface area (Å²) in [5.41, 5.74) is 1.46. The lowest BCUT2D eigenvalue weighted by Gasteiger charge is -2.36. The monoisotopic (exact) mass is 313 g/mol. The van der Waals surface area contributed by atoms with E-state index >= 15 is 0 Å². The van der Waals surface area contributed by atoms with Gasteiger partial charge in [0.2, 0.25) is 0 Å². The Bertz CT molecular complexity index is 580. The van der Waals surface area contributed by atoms with Crippen molar-refractivity contribution in [2.75, 3.05) is 13.1 Å². The summed E-state index contributed by atoms with van der Waals surface area (Å²) in [6, 6.07) is 11.6. The Kier molecular flexibility index (Phi) is 5.75. The van der Waals surface area contributed by atoms with Crippen LogP contribution in [0.3, 0.4) is 0 Å². The van der Waals surface area contributed by atoms with Crippen LogP contribution in [0.1, 0.15) is 43.5 Å². The van der Waals surface area contributed by atoms with Crippen molar-refractivity contribution in [3.05, 3.63) is 41.7 Å². The highest BCUT2D eigenvalue weighted by molar-refractivity contribution is 5.14. The van der Waals surface area contributed by atoms with Crippen LogP contribution in [0.15, 0.2) is 30.3 Å². The van der Waals surface area contributed by atoms with Gasteiger partial charge in [0.15, 0.2) is 0 Å². The molecule has 5 heteroatoms. The minimum absolute atomic E-state index is 0.735. The summed E-state index contributed by atoms with van der Waals surface area (Å²) in [7, 11) is 0. The summed E-state index contributed by atoms with van der Waals surface area (Å²) in [6.07, 6.45) is 7.64. The lowest BCUT2D eigenvalue weighted by molar-refractivity contribution is 0.136. The standard InChI is InChI=1S/C18H27N5/c1-16-19-20-21-23(16)15-7-14-22-13-6-5-10-18(22)12-11-17-8-3-2-4-9-17/h2-4,8-9,18H,5-7,10-15H2,1H3/t18-/m0/s1. The smallest absolute Gasteiger partial charge is 0.148 e. The average Bonchev–Trinajstić information content (AvgIpc) is 3.00. The molecule has 0 amide bonds. The number of piperidine rings is 1. The Morgan fingerprint density at radius 2 is 2.00 bits per heavy atom. The van der Waals surface area contributed by atoms with Crippen molar-refractivity contribution in [3.8, 4) is 0 Å². The van der Waals surface area contributed by atoms with E-state index < -0.39 is 0 Å². The molecule has 0 radical (unpaired) electrons. The molecule has 1 saturated heterocycles. The molecule has 5 nitrogen and oxygen atoms in total. The van der Waals surface area contributed by atoms with Crippen LogP contribution in [0.2, 0.25) is 0 Å². The third-order valence-electron chi connectivity index (χ3n) is 4.88. The number of hydrogen-bond donors (Lipinski definition) is 0. The van der Waals surface area contributed by atoms with E-state index in [0.717, 1.165) is 31.4 Å². The molecule has 0 spiro atoms. The van der Waals surface area contributed by atoms with E-state index in [2.05, 4.69) is 50.8 Å². The van der Waals surface area contributed by atoms with Gasteiger partial charge in [-0.05, 0) is 61.6 Å². The maximum absolute atomic E-state index is 4.03. The predicted octanol–water partition coefficient (Wildman–Crippen LogP) is 2.86. The van der Waals surface area contributed by atoms with Gasteiger partial charge in [0.05, 0.1) is 0 Å². The summed E-state index contributed by atoms with van der Waals surface area (Å²) >= 11 is 0. The molecule has 0 bridgehead atoms. The molecule has 1 fully saturated rings. The lowest BCUT2D eigenvalue weighted by atomic mass is 9.95. The molecule has 2 aromatic rings. The van der Waals surface area contributed by atoms with Gasteiger partial charge in [-0.2, -0.15) is 0 Å². The number of likely N-dealkylation sites (tertiary alicyclic amines) is 1. The normalized spacial score (nSPS) is 19.1. The van der Waals surface area contributed by atoms with Crippen molar-refractivity contribution in [3.63, 3.8) is 0 Å². The lowest BCUT2D eigenvalue weighted by Crippen LogP contribution is -2.40. The van der Waals surface area contributed by atoms with E-state index in [4.69, 9.17) is 0 Å². The van der Waals surface area contributed by atoms with Gasteiger partial charge in [0, 0.05) is 19.1 Å². The molecule has 0 aliphatic carbocycles. The summed E-state index contributed by atoms with van der Waals surface area (Å²) in [6.45, 7) is 5.27. The Hall–Kier alpha value is -1.75. The van der Waals surface area contributed by atoms with Crippen LogP contribution in [-0.4, -0.2) is 44.2 Å². The van der Waals surface area contributed by atoms with Crippen LogP contribution >= 0.6 is 0 Å². The van der Waals surface area contributed by atoms with Crippen molar-refractivity contribution < 1.29 is 0 Å². The predicted molar refractivity (Wildman–Crippen MR) is 91.1 cm³/mol. The number of nitrogens with zero attached hydrogens (tertiary/aromatic N) is 5. The fraction of sp³-hybridized carbons (Fsp3) is 0.611. The highest BCUT2D eigenvalue weighted by Gasteiger charge is 2.21. The van der Waals surface area contributed by atoms with Crippen LogP contribution in [0.25, 0.3) is 0 Å². The van der Waals surface area contributed by atoms with E-state index in [0.29, 0.717) is 0 Å². The molecule has 1 atom stereocenters. The van der Waals surface area contributed by atoms with Crippen LogP contribution in [0, 0.1) is 6.92 Å². The number of aryl methyl sites for hydroxylation is 3. The Morgan fingerprint density at radius 3 is 2.78 bits per heavy atom. The van der Waals surface area contributed by atoms with Crippen molar-refractivity contribution >= 4 is 0 Å². The Balaban J connectivity index is 1.47. The minimum Gasteiger partial charge on any atom is -0.300 e. The zero-order chi connectivity index (χ0) is 15.9. The van der Waals surface area contributed by atoms with Gasteiger partial charge in [0.1, 0.15) is 5.82 Å². The summed E-state index contributed by atoms with van der Waals surface area (Å²) in [4.78, 5) is 2.69. The molecular weight excluding hydrogens is 286 g/mol. The molecule has 1 aliphatic heterocycles. The van der Waals surface area contributed by atoms with Gasteiger partial charge in [-0.3, -0.25) is 0 Å². The molecule has 1 aromatic heterocycles. The highest BCUT2D eigenvalue weighted by atomic mass is 15.5. The SMILES string of the molecule is Cc1nnnn1CCCN1CCCC[C@H]1CCc1ccccc1. The van der Waals surface area contributed by atoms with E-state index in [1.165, 1.54) is 44.2 Å². The minimum atomic E-state index is 0.735. The zero-order valence-electron chi connectivity index (χ0n) is 14.1. The van der Waals surface area contributed by atoms with Gasteiger partial charge in [-0.15, -0.1) is 5.10 Å². The molecule has 1 aromatic carbocycles. The second-order valence-corrected chi connectivity index (χ2v) is 6.51. The highest BCUT2D eigenvalue weighted by Crippen LogP contribution is 2.21. The van der Waals surface area contributed by atoms with Crippen LogP contribution in [-0.2, 0) is 13.0 Å². The number of hydrogen-bond acceptors (Lipinski definition) is 4. The molecule has 0 saturated carbocycles. The fourth-order valence-corrected chi connectivity index (χ4v) is 3.54. The third kappa shape index (κ3) is 4.61. The third-order valence-corrected chi connectivity index (χ3v) is 4.88. The molecule has 124 valence electrons.